The molecule has 0 bridgehead atoms. The van der Waals surface area contributed by atoms with E-state index in [-0.39, 0.29) is 6.10 Å². The molecule has 1 aliphatic rings. The van der Waals surface area contributed by atoms with Crippen LogP contribution >= 0.6 is 0 Å². The van der Waals surface area contributed by atoms with Crippen LogP contribution in [0.4, 0.5) is 0 Å². The monoisotopic (exact) mass is 398 g/mol. The molecular weight excluding hydrogens is 360 g/mol. The number of unbranched alkanes of at least 4 members (excludes halogenated alkanes) is 4. The smallest absolute Gasteiger partial charge is 0.119 e. The van der Waals surface area contributed by atoms with Gasteiger partial charge in [-0.25, -0.2) is 0 Å². The molecule has 0 radical (unpaired) electrons. The van der Waals surface area contributed by atoms with Crippen LogP contribution in [0.3, 0.4) is 0 Å². The number of fused-ring (bicyclic) bond motifs is 1. The van der Waals surface area contributed by atoms with Gasteiger partial charge in [-0.2, -0.15) is 0 Å². The van der Waals surface area contributed by atoms with Crippen LogP contribution in [0.5, 0.6) is 5.75 Å². The number of aromatic nitrogens is 1. The highest BCUT2D eigenvalue weighted by atomic mass is 16.5. The molecule has 3 rings (SSSR count). The predicted molar refractivity (Wildman–Crippen MR) is 121 cm³/mol. The van der Waals surface area contributed by atoms with E-state index in [1.54, 1.807) is 7.11 Å². The van der Waals surface area contributed by atoms with Crippen molar-refractivity contribution in [2.75, 3.05) is 26.7 Å². The van der Waals surface area contributed by atoms with Crippen molar-refractivity contribution in [3.63, 3.8) is 0 Å². The summed E-state index contributed by atoms with van der Waals surface area (Å²) < 4.78 is 5.37. The molecule has 1 aromatic carbocycles. The van der Waals surface area contributed by atoms with Crippen molar-refractivity contribution >= 4 is 10.9 Å². The average molecular weight is 399 g/mol. The number of methoxy groups -OCH3 is 1. The largest absolute Gasteiger partial charge is 0.497 e. The third-order valence-corrected chi connectivity index (χ3v) is 6.39. The number of benzene rings is 1. The second-order valence-electron chi connectivity index (χ2n) is 8.65. The van der Waals surface area contributed by atoms with Gasteiger partial charge in [0.15, 0.2) is 0 Å². The second kappa shape index (κ2) is 11.5. The van der Waals surface area contributed by atoms with Crippen molar-refractivity contribution < 1.29 is 9.84 Å². The molecule has 0 unspecified atom stereocenters. The van der Waals surface area contributed by atoms with Crippen LogP contribution in [0.2, 0.25) is 0 Å². The van der Waals surface area contributed by atoms with Crippen molar-refractivity contribution in [2.45, 2.75) is 70.8 Å². The highest BCUT2D eigenvalue weighted by molar-refractivity contribution is 5.83. The summed E-state index contributed by atoms with van der Waals surface area (Å²) in [6.45, 7) is 5.91. The van der Waals surface area contributed by atoms with Gasteiger partial charge in [0, 0.05) is 11.6 Å². The maximum Gasteiger partial charge on any atom is 0.119 e. The van der Waals surface area contributed by atoms with Crippen molar-refractivity contribution in [1.82, 2.24) is 9.88 Å². The van der Waals surface area contributed by atoms with E-state index in [1.807, 2.05) is 30.5 Å². The fourth-order valence-corrected chi connectivity index (χ4v) is 4.59. The molecule has 1 aliphatic heterocycles. The maximum atomic E-state index is 10.8. The van der Waals surface area contributed by atoms with Gasteiger partial charge in [0.1, 0.15) is 5.75 Å². The Morgan fingerprint density at radius 1 is 1.14 bits per heavy atom. The number of likely N-dealkylation sites (tertiary alicyclic amines) is 1. The minimum absolute atomic E-state index is 0.294. The molecule has 0 amide bonds. The minimum Gasteiger partial charge on any atom is -0.497 e. The van der Waals surface area contributed by atoms with E-state index in [0.29, 0.717) is 12.3 Å². The third-order valence-electron chi connectivity index (χ3n) is 6.39. The van der Waals surface area contributed by atoms with Gasteiger partial charge in [0.2, 0.25) is 0 Å². The number of hydrogen-bond acceptors (Lipinski definition) is 4. The summed E-state index contributed by atoms with van der Waals surface area (Å²) in [5.41, 5.74) is 2.12. The van der Waals surface area contributed by atoms with E-state index in [0.717, 1.165) is 28.6 Å². The van der Waals surface area contributed by atoms with Crippen molar-refractivity contribution in [1.29, 1.82) is 0 Å². The standard InChI is InChI=1S/C25H38N2O2/c1-3-4-5-6-7-14-27-15-11-20(12-16-27)17-22(28)18-21-10-13-26-25-9-8-23(29-2)19-24(21)25/h8-10,13,19-20,22,28H,3-7,11-12,14-18H2,1-2H3/t22-/m1/s1. The lowest BCUT2D eigenvalue weighted by Gasteiger charge is -2.33. The zero-order chi connectivity index (χ0) is 20.5. The van der Waals surface area contributed by atoms with E-state index in [2.05, 4.69) is 16.8 Å². The van der Waals surface area contributed by atoms with Crippen LogP contribution in [-0.2, 0) is 6.42 Å². The molecule has 4 nitrogen and oxygen atoms in total. The Labute approximate surface area is 176 Å². The van der Waals surface area contributed by atoms with Crippen LogP contribution in [0.15, 0.2) is 30.5 Å². The first kappa shape index (κ1) is 22.0. The summed E-state index contributed by atoms with van der Waals surface area (Å²) in [6.07, 6.45) is 12.4. The van der Waals surface area contributed by atoms with Gasteiger partial charge in [-0.15, -0.1) is 0 Å². The molecule has 1 fully saturated rings. The summed E-state index contributed by atoms with van der Waals surface area (Å²) >= 11 is 0. The summed E-state index contributed by atoms with van der Waals surface area (Å²) in [4.78, 5) is 7.07. The Hall–Kier alpha value is -1.65. The van der Waals surface area contributed by atoms with Gasteiger partial charge in [-0.05, 0) is 87.5 Å². The lowest BCUT2D eigenvalue weighted by atomic mass is 9.88. The summed E-state index contributed by atoms with van der Waals surface area (Å²) in [7, 11) is 1.68. The molecule has 1 N–H and O–H groups in total. The van der Waals surface area contributed by atoms with Crippen LogP contribution in [0.1, 0.15) is 63.9 Å². The van der Waals surface area contributed by atoms with Gasteiger partial charge < -0.3 is 14.7 Å². The predicted octanol–water partition coefficient (Wildman–Crippen LogP) is 5.22. The van der Waals surface area contributed by atoms with E-state index in [1.165, 1.54) is 64.6 Å². The summed E-state index contributed by atoms with van der Waals surface area (Å²) in [5, 5.41) is 11.9. The lowest BCUT2D eigenvalue weighted by Crippen LogP contribution is -2.35. The molecule has 0 aliphatic carbocycles. The SMILES string of the molecule is CCCCCCCN1CCC(C[C@@H](O)Cc2ccnc3ccc(OC)cc23)CC1. The normalized spacial score (nSPS) is 16.9. The maximum absolute atomic E-state index is 10.8. The van der Waals surface area contributed by atoms with Crippen molar-refractivity contribution in [3.05, 3.63) is 36.0 Å². The third kappa shape index (κ3) is 6.68. The van der Waals surface area contributed by atoms with E-state index >= 15 is 0 Å². The lowest BCUT2D eigenvalue weighted by molar-refractivity contribution is 0.107. The van der Waals surface area contributed by atoms with Gasteiger partial charge in [-0.1, -0.05) is 32.6 Å². The molecule has 0 saturated carbocycles. The number of aliphatic hydroxyl groups is 1. The fourth-order valence-electron chi connectivity index (χ4n) is 4.59. The van der Waals surface area contributed by atoms with Gasteiger partial charge in [-0.3, -0.25) is 4.98 Å². The molecule has 160 valence electrons. The van der Waals surface area contributed by atoms with E-state index < -0.39 is 0 Å². The van der Waals surface area contributed by atoms with E-state index in [4.69, 9.17) is 4.74 Å². The van der Waals surface area contributed by atoms with Crippen molar-refractivity contribution in [3.8, 4) is 5.75 Å². The van der Waals surface area contributed by atoms with Crippen LogP contribution < -0.4 is 4.74 Å². The number of ether oxygens (including phenoxy) is 1. The fraction of sp³-hybridized carbons (Fsp3) is 0.640. The Bertz CT molecular complexity index is 741. The first-order chi connectivity index (χ1) is 14.2. The summed E-state index contributed by atoms with van der Waals surface area (Å²) in [6, 6.07) is 7.99. The first-order valence-corrected chi connectivity index (χ1v) is 11.5. The molecule has 2 aromatic rings. The first-order valence-electron chi connectivity index (χ1n) is 11.5. The van der Waals surface area contributed by atoms with E-state index in [9.17, 15) is 5.11 Å². The molecule has 29 heavy (non-hydrogen) atoms. The zero-order valence-corrected chi connectivity index (χ0v) is 18.3. The number of pyridine rings is 1. The topological polar surface area (TPSA) is 45.6 Å². The Balaban J connectivity index is 1.45. The van der Waals surface area contributed by atoms with Crippen LogP contribution in [-0.4, -0.2) is 47.8 Å². The number of piperidine rings is 1. The number of aliphatic hydroxyl groups excluding tert-OH is 1. The number of nitrogens with zero attached hydrogens (tertiary/aromatic N) is 2. The average Bonchev–Trinajstić information content (AvgIpc) is 2.74. The molecule has 0 spiro atoms. The van der Waals surface area contributed by atoms with Crippen molar-refractivity contribution in [2.24, 2.45) is 5.92 Å². The Morgan fingerprint density at radius 2 is 1.93 bits per heavy atom. The molecule has 1 aromatic heterocycles. The quantitative estimate of drug-likeness (QED) is 0.527. The zero-order valence-electron chi connectivity index (χ0n) is 18.3. The molecule has 2 heterocycles. The van der Waals surface area contributed by atoms with Gasteiger partial charge in [0.25, 0.3) is 0 Å². The number of rotatable bonds is 11. The van der Waals surface area contributed by atoms with Gasteiger partial charge >= 0.3 is 0 Å². The molecule has 4 heteroatoms. The Morgan fingerprint density at radius 3 is 2.69 bits per heavy atom. The van der Waals surface area contributed by atoms with Crippen LogP contribution in [0, 0.1) is 5.92 Å². The van der Waals surface area contributed by atoms with Gasteiger partial charge in [0.05, 0.1) is 18.7 Å². The molecular formula is C25H38N2O2. The van der Waals surface area contributed by atoms with Crippen LogP contribution in [0.25, 0.3) is 10.9 Å². The molecule has 1 saturated heterocycles. The summed E-state index contributed by atoms with van der Waals surface area (Å²) in [5.74, 6) is 1.48. The molecule has 1 atom stereocenters. The Kier molecular flexibility index (Phi) is 8.75. The number of hydrogen-bond donors (Lipinski definition) is 1. The minimum atomic E-state index is -0.294. The highest BCUT2D eigenvalue weighted by Gasteiger charge is 2.22. The highest BCUT2D eigenvalue weighted by Crippen LogP contribution is 2.27. The second-order valence-corrected chi connectivity index (χ2v) is 8.65.